The molecule has 2 rings (SSSR count). The van der Waals surface area contributed by atoms with Crippen LogP contribution in [0.4, 0.5) is 0 Å². The Kier molecular flexibility index (Phi) is 5.01. The summed E-state index contributed by atoms with van der Waals surface area (Å²) in [5.41, 5.74) is 1.14. The normalized spacial score (nSPS) is 31.3. The zero-order chi connectivity index (χ0) is 12.1. The lowest BCUT2D eigenvalue weighted by Crippen LogP contribution is -2.25. The molecule has 1 fully saturated rings. The van der Waals surface area contributed by atoms with Crippen molar-refractivity contribution in [2.45, 2.75) is 57.8 Å². The van der Waals surface area contributed by atoms with Crippen LogP contribution < -0.4 is 0 Å². The molecule has 98 valence electrons. The van der Waals surface area contributed by atoms with Crippen molar-refractivity contribution in [1.29, 1.82) is 0 Å². The average molecular weight is 240 g/mol. The average Bonchev–Trinajstić information content (AvgIpc) is 2.35. The molecule has 3 nitrogen and oxygen atoms in total. The highest BCUT2D eigenvalue weighted by Gasteiger charge is 2.20. The van der Waals surface area contributed by atoms with Gasteiger partial charge in [-0.15, -0.1) is 0 Å². The van der Waals surface area contributed by atoms with Crippen LogP contribution in [0.1, 0.15) is 45.4 Å². The Morgan fingerprint density at radius 1 is 1.29 bits per heavy atom. The number of rotatable bonds is 4. The summed E-state index contributed by atoms with van der Waals surface area (Å²) in [6.07, 6.45) is 8.37. The van der Waals surface area contributed by atoms with Crippen LogP contribution in [0.15, 0.2) is 11.6 Å². The smallest absolute Gasteiger partial charge is 0.157 e. The molecule has 0 spiro atoms. The van der Waals surface area contributed by atoms with Gasteiger partial charge in [0.25, 0.3) is 0 Å². The van der Waals surface area contributed by atoms with E-state index in [9.17, 15) is 5.11 Å². The topological polar surface area (TPSA) is 38.7 Å². The summed E-state index contributed by atoms with van der Waals surface area (Å²) >= 11 is 0. The van der Waals surface area contributed by atoms with Gasteiger partial charge in [-0.1, -0.05) is 6.08 Å². The maximum absolute atomic E-state index is 9.78. The fourth-order valence-electron chi connectivity index (χ4n) is 2.60. The predicted octanol–water partition coefficient (Wildman–Crippen LogP) is 2.64. The van der Waals surface area contributed by atoms with Crippen molar-refractivity contribution in [3.63, 3.8) is 0 Å². The van der Waals surface area contributed by atoms with Crippen LogP contribution in [0.2, 0.25) is 0 Å². The van der Waals surface area contributed by atoms with Gasteiger partial charge in [-0.3, -0.25) is 0 Å². The fraction of sp³-hybridized carbons (Fsp3) is 0.857. The van der Waals surface area contributed by atoms with Gasteiger partial charge >= 0.3 is 0 Å². The Morgan fingerprint density at radius 2 is 2.06 bits per heavy atom. The van der Waals surface area contributed by atoms with Crippen molar-refractivity contribution >= 4 is 0 Å². The molecule has 1 N–H and O–H groups in total. The van der Waals surface area contributed by atoms with E-state index >= 15 is 0 Å². The van der Waals surface area contributed by atoms with Gasteiger partial charge in [0.05, 0.1) is 19.3 Å². The van der Waals surface area contributed by atoms with E-state index in [2.05, 4.69) is 6.08 Å². The van der Waals surface area contributed by atoms with Gasteiger partial charge in [0, 0.05) is 0 Å². The van der Waals surface area contributed by atoms with Crippen LogP contribution in [-0.2, 0) is 9.47 Å². The zero-order valence-electron chi connectivity index (χ0n) is 10.7. The molecule has 1 heterocycles. The molecule has 3 heteroatoms. The molecular formula is C14H24O3. The third kappa shape index (κ3) is 4.09. The first-order chi connectivity index (χ1) is 8.25. The van der Waals surface area contributed by atoms with Gasteiger partial charge in [-0.05, 0) is 56.9 Å². The Balaban J connectivity index is 1.62. The second-order valence-corrected chi connectivity index (χ2v) is 5.26. The number of hydrogen-bond acceptors (Lipinski definition) is 3. The van der Waals surface area contributed by atoms with E-state index in [0.717, 1.165) is 50.9 Å². The number of aliphatic hydroxyl groups excluding tert-OH is 1. The van der Waals surface area contributed by atoms with Crippen molar-refractivity contribution in [2.24, 2.45) is 5.92 Å². The molecule has 0 aromatic rings. The van der Waals surface area contributed by atoms with Crippen molar-refractivity contribution in [3.8, 4) is 0 Å². The molecule has 0 saturated carbocycles. The molecule has 1 aliphatic heterocycles. The monoisotopic (exact) mass is 240 g/mol. The Hall–Kier alpha value is -0.380. The van der Waals surface area contributed by atoms with Crippen LogP contribution in [0, 0.1) is 5.92 Å². The SMILES string of the molecule is CC1=CCC(CCCC2OCCCO2)CC1O. The van der Waals surface area contributed by atoms with Crippen LogP contribution in [0.5, 0.6) is 0 Å². The molecule has 2 atom stereocenters. The Morgan fingerprint density at radius 3 is 2.76 bits per heavy atom. The molecular weight excluding hydrogens is 216 g/mol. The molecule has 0 radical (unpaired) electrons. The molecule has 0 amide bonds. The zero-order valence-corrected chi connectivity index (χ0v) is 10.7. The first-order valence-electron chi connectivity index (χ1n) is 6.83. The first kappa shape index (κ1) is 13.1. The molecule has 1 saturated heterocycles. The summed E-state index contributed by atoms with van der Waals surface area (Å²) in [5.74, 6) is 0.636. The summed E-state index contributed by atoms with van der Waals surface area (Å²) in [5, 5.41) is 9.78. The van der Waals surface area contributed by atoms with Gasteiger partial charge in [-0.2, -0.15) is 0 Å². The summed E-state index contributed by atoms with van der Waals surface area (Å²) in [6, 6.07) is 0. The van der Waals surface area contributed by atoms with Crippen molar-refractivity contribution in [1.82, 2.24) is 0 Å². The van der Waals surface area contributed by atoms with Gasteiger partial charge in [0.2, 0.25) is 0 Å². The maximum atomic E-state index is 9.78. The Labute approximate surface area is 104 Å². The summed E-state index contributed by atoms with van der Waals surface area (Å²) in [6.45, 7) is 3.70. The quantitative estimate of drug-likeness (QED) is 0.768. The highest BCUT2D eigenvalue weighted by molar-refractivity contribution is 5.09. The lowest BCUT2D eigenvalue weighted by molar-refractivity contribution is -0.181. The number of allylic oxidation sites excluding steroid dienone is 1. The van der Waals surface area contributed by atoms with E-state index in [0.29, 0.717) is 5.92 Å². The molecule has 1 aliphatic carbocycles. The summed E-state index contributed by atoms with van der Waals surface area (Å²) in [7, 11) is 0. The minimum absolute atomic E-state index is 0.0227. The van der Waals surface area contributed by atoms with E-state index in [1.54, 1.807) is 0 Å². The number of aliphatic hydroxyl groups is 1. The largest absolute Gasteiger partial charge is 0.389 e. The second-order valence-electron chi connectivity index (χ2n) is 5.26. The molecule has 0 bridgehead atoms. The van der Waals surface area contributed by atoms with Gasteiger partial charge in [0.15, 0.2) is 6.29 Å². The third-order valence-electron chi connectivity index (χ3n) is 3.80. The van der Waals surface area contributed by atoms with Gasteiger partial charge < -0.3 is 14.6 Å². The van der Waals surface area contributed by atoms with Crippen molar-refractivity contribution in [3.05, 3.63) is 11.6 Å². The van der Waals surface area contributed by atoms with Crippen LogP contribution in [0.3, 0.4) is 0 Å². The maximum Gasteiger partial charge on any atom is 0.157 e. The van der Waals surface area contributed by atoms with Crippen LogP contribution >= 0.6 is 0 Å². The van der Waals surface area contributed by atoms with E-state index in [1.165, 1.54) is 6.42 Å². The molecule has 0 aromatic carbocycles. The fourth-order valence-corrected chi connectivity index (χ4v) is 2.60. The van der Waals surface area contributed by atoms with Gasteiger partial charge in [0.1, 0.15) is 0 Å². The number of hydrogen-bond donors (Lipinski definition) is 1. The highest BCUT2D eigenvalue weighted by Crippen LogP contribution is 2.28. The first-order valence-corrected chi connectivity index (χ1v) is 6.83. The van der Waals surface area contributed by atoms with Crippen LogP contribution in [-0.4, -0.2) is 30.7 Å². The lowest BCUT2D eigenvalue weighted by atomic mass is 9.85. The standard InChI is InChI=1S/C14H24O3/c1-11-6-7-12(10-13(11)15)4-2-5-14-16-8-3-9-17-14/h6,12-15H,2-5,7-10H2,1H3. The van der Waals surface area contributed by atoms with E-state index < -0.39 is 0 Å². The minimum Gasteiger partial charge on any atom is -0.389 e. The van der Waals surface area contributed by atoms with E-state index in [4.69, 9.17) is 9.47 Å². The summed E-state index contributed by atoms with van der Waals surface area (Å²) < 4.78 is 11.0. The van der Waals surface area contributed by atoms with Crippen LogP contribution in [0.25, 0.3) is 0 Å². The van der Waals surface area contributed by atoms with Crippen molar-refractivity contribution < 1.29 is 14.6 Å². The van der Waals surface area contributed by atoms with E-state index in [-0.39, 0.29) is 12.4 Å². The second kappa shape index (κ2) is 6.53. The van der Waals surface area contributed by atoms with E-state index in [1.807, 2.05) is 6.92 Å². The van der Waals surface area contributed by atoms with Crippen molar-refractivity contribution in [2.75, 3.05) is 13.2 Å². The lowest BCUT2D eigenvalue weighted by Gasteiger charge is -2.26. The highest BCUT2D eigenvalue weighted by atomic mass is 16.7. The van der Waals surface area contributed by atoms with Gasteiger partial charge in [-0.25, -0.2) is 0 Å². The predicted molar refractivity (Wildman–Crippen MR) is 66.6 cm³/mol. The molecule has 17 heavy (non-hydrogen) atoms. The molecule has 2 aliphatic rings. The Bertz CT molecular complexity index is 256. The molecule has 0 aromatic heterocycles. The summed E-state index contributed by atoms with van der Waals surface area (Å²) in [4.78, 5) is 0. The minimum atomic E-state index is -0.212. The number of ether oxygens (including phenoxy) is 2. The third-order valence-corrected chi connectivity index (χ3v) is 3.80. The molecule has 2 unspecified atom stereocenters.